The molecule has 0 unspecified atom stereocenters. The molecule has 4 heteroatoms. The van der Waals surface area contributed by atoms with E-state index in [1.54, 1.807) is 12.1 Å². The molecule has 0 N–H and O–H groups in total. The molecule has 2 aromatic rings. The molecule has 4 nitrogen and oxygen atoms in total. The largest absolute Gasteiger partial charge is 0.423 e. The molecule has 156 valence electrons. The van der Waals surface area contributed by atoms with Gasteiger partial charge in [0.15, 0.2) is 0 Å². The van der Waals surface area contributed by atoms with Gasteiger partial charge in [-0.15, -0.1) is 0 Å². The highest BCUT2D eigenvalue weighted by molar-refractivity contribution is 5.84. The van der Waals surface area contributed by atoms with Crippen LogP contribution in [0.1, 0.15) is 48.9 Å². The molecule has 0 heterocycles. The van der Waals surface area contributed by atoms with E-state index >= 15 is 0 Å². The maximum absolute atomic E-state index is 11.7. The number of carbonyl (C=O) groups is 2. The summed E-state index contributed by atoms with van der Waals surface area (Å²) in [4.78, 5) is 23.0. The van der Waals surface area contributed by atoms with Crippen LogP contribution in [0.25, 0.3) is 12.2 Å². The molecule has 0 aliphatic heterocycles. The Morgan fingerprint density at radius 3 is 2.00 bits per heavy atom. The topological polar surface area (TPSA) is 52.6 Å². The van der Waals surface area contributed by atoms with Gasteiger partial charge in [-0.25, -0.2) is 9.59 Å². The van der Waals surface area contributed by atoms with Gasteiger partial charge in [0, 0.05) is 12.2 Å². The lowest BCUT2D eigenvalue weighted by molar-refractivity contribution is -0.129. The summed E-state index contributed by atoms with van der Waals surface area (Å²) in [7, 11) is 0. The molecule has 0 amide bonds. The summed E-state index contributed by atoms with van der Waals surface area (Å²) >= 11 is 0. The van der Waals surface area contributed by atoms with Gasteiger partial charge in [-0.05, 0) is 53.3 Å². The molecule has 0 aromatic heterocycles. The highest BCUT2D eigenvalue weighted by Crippen LogP contribution is 2.30. The Balaban J connectivity index is 2.34. The lowest BCUT2D eigenvalue weighted by Gasteiger charge is -2.16. The Morgan fingerprint density at radius 1 is 0.800 bits per heavy atom. The Morgan fingerprint density at radius 2 is 1.40 bits per heavy atom. The van der Waals surface area contributed by atoms with Gasteiger partial charge in [0.05, 0.1) is 0 Å². The molecule has 0 spiro atoms. The van der Waals surface area contributed by atoms with E-state index in [1.165, 1.54) is 11.6 Å². The van der Waals surface area contributed by atoms with Gasteiger partial charge in [-0.1, -0.05) is 70.2 Å². The van der Waals surface area contributed by atoms with Crippen molar-refractivity contribution in [1.82, 2.24) is 0 Å². The molecule has 0 fully saturated rings. The Hall–Kier alpha value is -3.40. The lowest BCUT2D eigenvalue weighted by Crippen LogP contribution is -2.08. The van der Waals surface area contributed by atoms with Crippen LogP contribution < -0.4 is 9.47 Å². The highest BCUT2D eigenvalue weighted by atomic mass is 16.5. The summed E-state index contributed by atoms with van der Waals surface area (Å²) in [5, 5.41) is 0. The van der Waals surface area contributed by atoms with Crippen LogP contribution in [0.5, 0.6) is 11.5 Å². The smallest absolute Gasteiger partial charge is 0.335 e. The predicted molar refractivity (Wildman–Crippen MR) is 121 cm³/mol. The monoisotopic (exact) mass is 404 g/mol. The zero-order valence-electron chi connectivity index (χ0n) is 17.6. The van der Waals surface area contributed by atoms with Crippen molar-refractivity contribution >= 4 is 24.1 Å². The van der Waals surface area contributed by atoms with Crippen LogP contribution in [0.2, 0.25) is 0 Å². The first-order chi connectivity index (χ1) is 14.5. The van der Waals surface area contributed by atoms with E-state index in [2.05, 4.69) is 33.1 Å². The van der Waals surface area contributed by atoms with Gasteiger partial charge < -0.3 is 9.47 Å². The first kappa shape index (κ1) is 22.9. The number of ether oxygens (including phenoxy) is 2. The van der Waals surface area contributed by atoms with E-state index in [0.717, 1.165) is 48.4 Å². The van der Waals surface area contributed by atoms with Crippen LogP contribution in [0.15, 0.2) is 61.7 Å². The van der Waals surface area contributed by atoms with E-state index in [9.17, 15) is 9.59 Å². The van der Waals surface area contributed by atoms with Crippen molar-refractivity contribution in [2.45, 2.75) is 39.5 Å². The van der Waals surface area contributed by atoms with Crippen molar-refractivity contribution in [3.63, 3.8) is 0 Å². The van der Waals surface area contributed by atoms with E-state index in [-0.39, 0.29) is 0 Å². The van der Waals surface area contributed by atoms with Crippen LogP contribution >= 0.6 is 0 Å². The minimum absolute atomic E-state index is 0.449. The molecular weight excluding hydrogens is 376 g/mol. The number of esters is 2. The minimum atomic E-state index is -0.483. The van der Waals surface area contributed by atoms with Gasteiger partial charge in [0.2, 0.25) is 0 Å². The number of rotatable bonds is 10. The van der Waals surface area contributed by atoms with Crippen molar-refractivity contribution in [2.75, 3.05) is 0 Å². The summed E-state index contributed by atoms with van der Waals surface area (Å²) < 4.78 is 10.6. The third kappa shape index (κ3) is 6.31. The van der Waals surface area contributed by atoms with E-state index in [4.69, 9.17) is 9.47 Å². The first-order valence-electron chi connectivity index (χ1n) is 10.1. The molecule has 0 radical (unpaired) electrons. The van der Waals surface area contributed by atoms with Crippen molar-refractivity contribution in [2.24, 2.45) is 0 Å². The summed E-state index contributed by atoms with van der Waals surface area (Å²) in [5.41, 5.74) is 4.35. The van der Waals surface area contributed by atoms with Crippen molar-refractivity contribution in [1.29, 1.82) is 0 Å². The average Bonchev–Trinajstić information content (AvgIpc) is 2.76. The quantitative estimate of drug-likeness (QED) is 0.213. The standard InChI is InChI=1S/C26H28O4/c1-5-9-22-20(15-18-24(23(22)10-6-2)30-26(28)8-4)14-11-19-12-16-21(17-13-19)29-25(27)7-3/h7-8,11-18H,3-6,9-10H2,1-2H3. The molecule has 2 rings (SSSR count). The highest BCUT2D eigenvalue weighted by Gasteiger charge is 2.14. The Kier molecular flexibility index (Phi) is 8.82. The molecule has 2 aromatic carbocycles. The van der Waals surface area contributed by atoms with Crippen LogP contribution in [0.3, 0.4) is 0 Å². The zero-order valence-corrected chi connectivity index (χ0v) is 17.6. The second-order valence-corrected chi connectivity index (χ2v) is 6.76. The van der Waals surface area contributed by atoms with Crippen molar-refractivity contribution in [3.8, 4) is 11.5 Å². The number of hydrogen-bond donors (Lipinski definition) is 0. The molecule has 0 aliphatic rings. The Bertz CT molecular complexity index is 936. The first-order valence-corrected chi connectivity index (χ1v) is 10.1. The van der Waals surface area contributed by atoms with Gasteiger partial charge in [0.1, 0.15) is 11.5 Å². The fourth-order valence-corrected chi connectivity index (χ4v) is 3.15. The molecule has 0 aliphatic carbocycles. The van der Waals surface area contributed by atoms with Crippen LogP contribution in [0, 0.1) is 0 Å². The van der Waals surface area contributed by atoms with Crippen molar-refractivity contribution < 1.29 is 19.1 Å². The fourth-order valence-electron chi connectivity index (χ4n) is 3.15. The van der Waals surface area contributed by atoms with Gasteiger partial charge in [0.25, 0.3) is 0 Å². The van der Waals surface area contributed by atoms with Gasteiger partial charge in [-0.2, -0.15) is 0 Å². The van der Waals surface area contributed by atoms with E-state index in [0.29, 0.717) is 11.5 Å². The third-order valence-corrected chi connectivity index (χ3v) is 4.52. The summed E-state index contributed by atoms with van der Waals surface area (Å²) in [5.74, 6) is 0.150. The lowest BCUT2D eigenvalue weighted by atomic mass is 9.93. The molecule has 0 atom stereocenters. The maximum atomic E-state index is 11.7. The van der Waals surface area contributed by atoms with E-state index in [1.807, 2.05) is 30.3 Å². The SMILES string of the molecule is C=CC(=O)Oc1ccc(C=Cc2ccc(OC(=O)C=C)c(CCC)c2CCC)cc1. The van der Waals surface area contributed by atoms with Crippen LogP contribution in [0.4, 0.5) is 0 Å². The zero-order chi connectivity index (χ0) is 21.9. The second kappa shape index (κ2) is 11.6. The normalized spacial score (nSPS) is 10.6. The molecule has 0 bridgehead atoms. The van der Waals surface area contributed by atoms with Gasteiger partial charge >= 0.3 is 11.9 Å². The predicted octanol–water partition coefficient (Wildman–Crippen LogP) is 5.94. The van der Waals surface area contributed by atoms with Crippen LogP contribution in [-0.4, -0.2) is 11.9 Å². The third-order valence-electron chi connectivity index (χ3n) is 4.52. The van der Waals surface area contributed by atoms with Gasteiger partial charge in [-0.3, -0.25) is 0 Å². The average molecular weight is 405 g/mol. The minimum Gasteiger partial charge on any atom is -0.423 e. The van der Waals surface area contributed by atoms with Crippen LogP contribution in [-0.2, 0) is 22.4 Å². The molecular formula is C26H28O4. The number of hydrogen-bond acceptors (Lipinski definition) is 4. The van der Waals surface area contributed by atoms with Crippen molar-refractivity contribution in [3.05, 3.63) is 84.0 Å². The summed E-state index contributed by atoms with van der Waals surface area (Å²) in [6.07, 6.45) is 10.1. The second-order valence-electron chi connectivity index (χ2n) is 6.76. The Labute approximate surface area is 178 Å². The molecule has 30 heavy (non-hydrogen) atoms. The number of benzene rings is 2. The fraction of sp³-hybridized carbons (Fsp3) is 0.231. The van der Waals surface area contributed by atoms with E-state index < -0.39 is 11.9 Å². The molecule has 0 saturated heterocycles. The maximum Gasteiger partial charge on any atom is 0.335 e. The summed E-state index contributed by atoms with van der Waals surface area (Å²) in [6.45, 7) is 11.1. The molecule has 0 saturated carbocycles. The number of carbonyl (C=O) groups excluding carboxylic acids is 2. The summed E-state index contributed by atoms with van der Waals surface area (Å²) in [6, 6.07) is 11.1.